The molecule has 1 unspecified atom stereocenters. The lowest BCUT2D eigenvalue weighted by atomic mass is 9.70. The first-order valence-electron chi connectivity index (χ1n) is 15.9. The van der Waals surface area contributed by atoms with Gasteiger partial charge >= 0.3 is 0 Å². The van der Waals surface area contributed by atoms with Crippen molar-refractivity contribution in [3.05, 3.63) is 70.3 Å². The molecule has 1 amide bonds. The largest absolute Gasteiger partial charge is 0.487 e. The molecule has 2 aromatic rings. The van der Waals surface area contributed by atoms with Crippen molar-refractivity contribution in [3.63, 3.8) is 0 Å². The second-order valence-electron chi connectivity index (χ2n) is 12.1. The van der Waals surface area contributed by atoms with Crippen molar-refractivity contribution in [2.75, 3.05) is 38.3 Å². The molecule has 1 aliphatic carbocycles. The molecular weight excluding hydrogens is 600 g/mol. The summed E-state index contributed by atoms with van der Waals surface area (Å²) in [5.74, 6) is 0.789. The summed E-state index contributed by atoms with van der Waals surface area (Å²) >= 11 is 6.34. The van der Waals surface area contributed by atoms with Crippen LogP contribution in [0.3, 0.4) is 0 Å². The summed E-state index contributed by atoms with van der Waals surface area (Å²) in [6.07, 6.45) is 10.5. The van der Waals surface area contributed by atoms with E-state index in [-0.39, 0.29) is 6.10 Å². The van der Waals surface area contributed by atoms with Gasteiger partial charge in [-0.05, 0) is 105 Å². The number of fused-ring (bicyclic) bond motifs is 3. The lowest BCUT2D eigenvalue weighted by Gasteiger charge is -2.44. The lowest BCUT2D eigenvalue weighted by Crippen LogP contribution is -2.44. The number of rotatable bonds is 5. The predicted octanol–water partition coefficient (Wildman–Crippen LogP) is 6.31. The van der Waals surface area contributed by atoms with Crippen molar-refractivity contribution < 1.29 is 27.4 Å². The smallest absolute Gasteiger partial charge is 0.264 e. The van der Waals surface area contributed by atoms with Crippen LogP contribution in [0.2, 0.25) is 5.02 Å². The molecule has 8 nitrogen and oxygen atoms in total. The standard InChI is InChI=1S/C34H45ClN2O6S/c1-3-29-9-4-5-10-32(42-19-18-41-2)30-15-12-26(30)22-37-17-7-6-8-24-20-28(35)14-11-27(24)23-43-33-16-13-25(21-31(33)37)34(38)36-44(29,39)40/h5,10-11,13-14,16,20-21,26,29-30,32H,3-4,6-9,12,15,17-19,22-23H2,1-2H3,(H,36,38)/b10-5+/t26-,29+,30+,32?/m0/s1. The van der Waals surface area contributed by atoms with Crippen LogP contribution in [0.25, 0.3) is 0 Å². The van der Waals surface area contributed by atoms with Gasteiger partial charge in [0, 0.05) is 30.8 Å². The van der Waals surface area contributed by atoms with Crippen LogP contribution < -0.4 is 14.4 Å². The van der Waals surface area contributed by atoms with Crippen LogP contribution in [0.15, 0.2) is 48.6 Å². The number of carbonyl (C=O) groups excluding carboxylic acids is 1. The fraction of sp³-hybridized carbons (Fsp3) is 0.559. The summed E-state index contributed by atoms with van der Waals surface area (Å²) in [5, 5.41) is 0.0370. The highest BCUT2D eigenvalue weighted by atomic mass is 35.5. The Hall–Kier alpha value is -2.59. The number of nitrogens with one attached hydrogen (secondary N) is 1. The Balaban J connectivity index is 1.52. The van der Waals surface area contributed by atoms with E-state index in [9.17, 15) is 13.2 Å². The molecule has 2 heterocycles. The van der Waals surface area contributed by atoms with Crippen LogP contribution in [0.1, 0.15) is 73.4 Å². The highest BCUT2D eigenvalue weighted by Crippen LogP contribution is 2.42. The topological polar surface area (TPSA) is 94.2 Å². The summed E-state index contributed by atoms with van der Waals surface area (Å²) in [4.78, 5) is 15.7. The van der Waals surface area contributed by atoms with Gasteiger partial charge in [-0.2, -0.15) is 0 Å². The molecule has 2 aromatic carbocycles. The summed E-state index contributed by atoms with van der Waals surface area (Å²) in [6.45, 7) is 4.80. The van der Waals surface area contributed by atoms with Gasteiger partial charge in [0.05, 0.1) is 30.3 Å². The predicted molar refractivity (Wildman–Crippen MR) is 174 cm³/mol. The van der Waals surface area contributed by atoms with Crippen LogP contribution >= 0.6 is 11.6 Å². The molecular formula is C34H45ClN2O6S. The molecule has 2 aliphatic heterocycles. The number of aryl methyl sites for hydroxylation is 1. The molecule has 1 saturated carbocycles. The molecule has 5 rings (SSSR count). The van der Waals surface area contributed by atoms with E-state index in [1.54, 1.807) is 25.3 Å². The van der Waals surface area contributed by atoms with Crippen LogP contribution in [0, 0.1) is 11.8 Å². The minimum absolute atomic E-state index is 0.0709. The Labute approximate surface area is 267 Å². The number of anilines is 1. The minimum atomic E-state index is -3.88. The van der Waals surface area contributed by atoms with Crippen LogP contribution in [0.5, 0.6) is 5.75 Å². The number of amides is 1. The van der Waals surface area contributed by atoms with E-state index in [1.807, 2.05) is 31.2 Å². The molecule has 0 aromatic heterocycles. The lowest BCUT2D eigenvalue weighted by molar-refractivity contribution is -0.0308. The summed E-state index contributed by atoms with van der Waals surface area (Å²) in [5.41, 5.74) is 3.38. The summed E-state index contributed by atoms with van der Waals surface area (Å²) in [7, 11) is -2.20. The molecule has 3 aliphatic rings. The zero-order valence-corrected chi connectivity index (χ0v) is 27.4. The van der Waals surface area contributed by atoms with E-state index in [0.29, 0.717) is 67.3 Å². The maximum absolute atomic E-state index is 13.4. The van der Waals surface area contributed by atoms with Crippen LogP contribution in [-0.2, 0) is 32.5 Å². The average molecular weight is 645 g/mol. The van der Waals surface area contributed by atoms with E-state index in [1.165, 1.54) is 5.56 Å². The molecule has 240 valence electrons. The molecule has 1 fully saturated rings. The van der Waals surface area contributed by atoms with Gasteiger partial charge in [-0.15, -0.1) is 0 Å². The first-order chi connectivity index (χ1) is 21.3. The quantitative estimate of drug-likeness (QED) is 0.301. The highest BCUT2D eigenvalue weighted by Gasteiger charge is 2.38. The maximum atomic E-state index is 13.4. The molecule has 0 saturated heterocycles. The number of allylic oxidation sites excluding steroid dienone is 1. The van der Waals surface area contributed by atoms with Gasteiger partial charge in [0.2, 0.25) is 10.0 Å². The number of ether oxygens (including phenoxy) is 3. The Morgan fingerprint density at radius 1 is 1.07 bits per heavy atom. The number of methoxy groups -OCH3 is 1. The second-order valence-corrected chi connectivity index (χ2v) is 14.5. The van der Waals surface area contributed by atoms with E-state index < -0.39 is 21.2 Å². The van der Waals surface area contributed by atoms with E-state index in [0.717, 1.165) is 56.4 Å². The summed E-state index contributed by atoms with van der Waals surface area (Å²) < 4.78 is 47.0. The van der Waals surface area contributed by atoms with E-state index in [4.69, 9.17) is 25.8 Å². The Morgan fingerprint density at radius 2 is 1.93 bits per heavy atom. The van der Waals surface area contributed by atoms with Gasteiger partial charge in [0.25, 0.3) is 5.91 Å². The Bertz CT molecular complexity index is 1430. The molecule has 0 spiro atoms. The number of hydrogen-bond acceptors (Lipinski definition) is 7. The number of sulfonamides is 1. The van der Waals surface area contributed by atoms with Gasteiger partial charge in [-0.1, -0.05) is 36.7 Å². The van der Waals surface area contributed by atoms with Gasteiger partial charge in [0.15, 0.2) is 0 Å². The molecule has 44 heavy (non-hydrogen) atoms. The average Bonchev–Trinajstić information content (AvgIpc) is 3.01. The third-order valence-corrected chi connectivity index (χ3v) is 11.5. The van der Waals surface area contributed by atoms with Gasteiger partial charge in [-0.3, -0.25) is 4.79 Å². The molecule has 10 heteroatoms. The van der Waals surface area contributed by atoms with Crippen LogP contribution in [0.4, 0.5) is 5.69 Å². The fourth-order valence-corrected chi connectivity index (χ4v) is 8.19. The zero-order chi connectivity index (χ0) is 31.1. The first-order valence-corrected chi connectivity index (χ1v) is 17.8. The summed E-state index contributed by atoms with van der Waals surface area (Å²) in [6, 6.07) is 11.2. The van der Waals surface area contributed by atoms with Gasteiger partial charge in [-0.25, -0.2) is 13.1 Å². The van der Waals surface area contributed by atoms with Crippen molar-refractivity contribution in [3.8, 4) is 5.75 Å². The van der Waals surface area contributed by atoms with E-state index >= 15 is 0 Å². The number of carbonyl (C=O) groups is 1. The van der Waals surface area contributed by atoms with Crippen molar-refractivity contribution in [1.82, 2.24) is 4.72 Å². The number of benzene rings is 2. The van der Waals surface area contributed by atoms with Gasteiger partial charge in [0.1, 0.15) is 12.4 Å². The van der Waals surface area contributed by atoms with Crippen molar-refractivity contribution in [1.29, 1.82) is 0 Å². The molecule has 0 radical (unpaired) electrons. The molecule has 1 N–H and O–H groups in total. The Morgan fingerprint density at radius 3 is 2.70 bits per heavy atom. The monoisotopic (exact) mass is 644 g/mol. The minimum Gasteiger partial charge on any atom is -0.487 e. The molecule has 2 bridgehead atoms. The highest BCUT2D eigenvalue weighted by molar-refractivity contribution is 7.90. The normalized spacial score (nSPS) is 26.5. The maximum Gasteiger partial charge on any atom is 0.264 e. The van der Waals surface area contributed by atoms with E-state index in [2.05, 4.69) is 15.7 Å². The fourth-order valence-electron chi connectivity index (χ4n) is 6.57. The zero-order valence-electron chi connectivity index (χ0n) is 25.8. The van der Waals surface area contributed by atoms with Gasteiger partial charge < -0.3 is 19.1 Å². The second kappa shape index (κ2) is 15.1. The number of halogens is 1. The SMILES string of the molecule is CC[C@@H]1CC/C=C/C(OCCOC)[C@@H]2CC[C@H]2CN2CCCCc3cc(Cl)ccc3COc3ccc(cc32)C(=O)NS1(=O)=O. The number of hydrogen-bond donors (Lipinski definition) is 1. The Kier molecular flexibility index (Phi) is 11.3. The third-order valence-electron chi connectivity index (χ3n) is 9.30. The third kappa shape index (κ3) is 7.97. The molecule has 4 atom stereocenters. The first kappa shape index (κ1) is 32.8. The van der Waals surface area contributed by atoms with Crippen molar-refractivity contribution >= 4 is 33.2 Å². The number of nitrogens with zero attached hydrogens (tertiary/aromatic N) is 1. The van der Waals surface area contributed by atoms with Crippen LogP contribution in [-0.4, -0.2) is 59.1 Å². The van der Waals surface area contributed by atoms with Crippen molar-refractivity contribution in [2.45, 2.75) is 76.3 Å². The van der Waals surface area contributed by atoms with Crippen molar-refractivity contribution in [2.24, 2.45) is 11.8 Å².